The van der Waals surface area contributed by atoms with Gasteiger partial charge in [0.15, 0.2) is 5.78 Å². The maximum Gasteiger partial charge on any atom is 0.311 e. The summed E-state index contributed by atoms with van der Waals surface area (Å²) in [5.74, 6) is 0.0356. The monoisotopic (exact) mass is 278 g/mol. The van der Waals surface area contributed by atoms with E-state index in [1.807, 2.05) is 32.9 Å². The summed E-state index contributed by atoms with van der Waals surface area (Å²) in [5.41, 5.74) is -0.431. The van der Waals surface area contributed by atoms with Crippen molar-refractivity contribution in [2.24, 2.45) is 10.8 Å². The van der Waals surface area contributed by atoms with E-state index in [0.717, 1.165) is 25.7 Å². The molecule has 3 heteroatoms. The summed E-state index contributed by atoms with van der Waals surface area (Å²) in [6.07, 6.45) is 9.67. The van der Waals surface area contributed by atoms with Crippen LogP contribution >= 0.6 is 0 Å². The fourth-order valence-corrected chi connectivity index (χ4v) is 2.38. The Balaban J connectivity index is 2.45. The lowest BCUT2D eigenvalue weighted by atomic mass is 9.73. The van der Waals surface area contributed by atoms with E-state index in [4.69, 9.17) is 4.74 Å². The Hall–Kier alpha value is -1.38. The molecule has 0 N–H and O–H groups in total. The molecule has 112 valence electrons. The first-order chi connectivity index (χ1) is 9.29. The van der Waals surface area contributed by atoms with Gasteiger partial charge in [-0.25, -0.2) is 0 Å². The first-order valence-corrected chi connectivity index (χ1v) is 7.29. The molecular weight excluding hydrogens is 252 g/mol. The number of esters is 1. The Kier molecular flexibility index (Phi) is 5.73. The Morgan fingerprint density at radius 2 is 2.20 bits per heavy atom. The van der Waals surface area contributed by atoms with Crippen LogP contribution in [0.1, 0.15) is 52.9 Å². The molecule has 20 heavy (non-hydrogen) atoms. The van der Waals surface area contributed by atoms with Crippen LogP contribution in [0, 0.1) is 10.8 Å². The summed E-state index contributed by atoms with van der Waals surface area (Å²) in [6.45, 7) is 9.80. The smallest absolute Gasteiger partial charge is 0.311 e. The van der Waals surface area contributed by atoms with Gasteiger partial charge in [-0.3, -0.25) is 9.59 Å². The number of carbonyl (C=O) groups excluding carboxylic acids is 2. The first-order valence-electron chi connectivity index (χ1n) is 7.29. The molecular formula is C17H26O3. The van der Waals surface area contributed by atoms with Crippen LogP contribution in [0.5, 0.6) is 0 Å². The third kappa shape index (κ3) is 4.95. The number of ketones is 1. The van der Waals surface area contributed by atoms with Crippen LogP contribution in [-0.4, -0.2) is 18.4 Å². The van der Waals surface area contributed by atoms with Crippen molar-refractivity contribution in [2.45, 2.75) is 52.9 Å². The zero-order valence-corrected chi connectivity index (χ0v) is 12.9. The van der Waals surface area contributed by atoms with Crippen LogP contribution in [0.4, 0.5) is 0 Å². The van der Waals surface area contributed by atoms with E-state index in [9.17, 15) is 9.59 Å². The van der Waals surface area contributed by atoms with Crippen LogP contribution in [0.3, 0.4) is 0 Å². The molecule has 0 heterocycles. The number of hydrogen-bond acceptors (Lipinski definition) is 3. The van der Waals surface area contributed by atoms with Crippen molar-refractivity contribution in [1.29, 1.82) is 0 Å². The molecule has 3 nitrogen and oxygen atoms in total. The predicted octanol–water partition coefficient (Wildman–Crippen LogP) is 3.84. The highest BCUT2D eigenvalue weighted by atomic mass is 16.5. The van der Waals surface area contributed by atoms with E-state index in [-0.39, 0.29) is 17.2 Å². The minimum Gasteiger partial charge on any atom is -0.465 e. The highest BCUT2D eigenvalue weighted by Crippen LogP contribution is 2.38. The molecule has 0 amide bonds. The topological polar surface area (TPSA) is 43.4 Å². The van der Waals surface area contributed by atoms with Gasteiger partial charge in [-0.15, -0.1) is 6.58 Å². The van der Waals surface area contributed by atoms with Crippen molar-refractivity contribution >= 4 is 11.8 Å². The number of allylic oxidation sites excluding steroid dienone is 3. The van der Waals surface area contributed by atoms with Crippen molar-refractivity contribution in [3.63, 3.8) is 0 Å². The van der Waals surface area contributed by atoms with Crippen LogP contribution in [0.2, 0.25) is 0 Å². The van der Waals surface area contributed by atoms with E-state index >= 15 is 0 Å². The van der Waals surface area contributed by atoms with Gasteiger partial charge in [0.1, 0.15) is 0 Å². The molecule has 0 spiro atoms. The number of carbonyl (C=O) groups is 2. The van der Waals surface area contributed by atoms with Gasteiger partial charge in [0, 0.05) is 6.42 Å². The second-order valence-corrected chi connectivity index (χ2v) is 6.64. The Morgan fingerprint density at radius 1 is 1.50 bits per heavy atom. The average Bonchev–Trinajstić information content (AvgIpc) is 2.37. The summed E-state index contributed by atoms with van der Waals surface area (Å²) >= 11 is 0. The van der Waals surface area contributed by atoms with Crippen molar-refractivity contribution in [1.82, 2.24) is 0 Å². The molecule has 0 radical (unpaired) electrons. The Bertz CT molecular complexity index is 401. The second-order valence-electron chi connectivity index (χ2n) is 6.64. The van der Waals surface area contributed by atoms with Gasteiger partial charge in [0.25, 0.3) is 0 Å². The van der Waals surface area contributed by atoms with Gasteiger partial charge in [-0.1, -0.05) is 12.2 Å². The minimum absolute atomic E-state index is 0.0177. The van der Waals surface area contributed by atoms with Crippen LogP contribution in [0.25, 0.3) is 0 Å². The quantitative estimate of drug-likeness (QED) is 0.421. The van der Waals surface area contributed by atoms with E-state index in [0.29, 0.717) is 13.0 Å². The second kappa shape index (κ2) is 6.87. The largest absolute Gasteiger partial charge is 0.465 e. The lowest BCUT2D eigenvalue weighted by molar-refractivity contribution is -0.153. The lowest BCUT2D eigenvalue weighted by Crippen LogP contribution is -2.25. The van der Waals surface area contributed by atoms with Gasteiger partial charge in [-0.2, -0.15) is 0 Å². The summed E-state index contributed by atoms with van der Waals surface area (Å²) < 4.78 is 5.29. The third-order valence-electron chi connectivity index (χ3n) is 3.71. The molecule has 1 unspecified atom stereocenters. The lowest BCUT2D eigenvalue weighted by Gasteiger charge is -2.32. The molecule has 0 aliphatic heterocycles. The van der Waals surface area contributed by atoms with Crippen LogP contribution in [-0.2, 0) is 14.3 Å². The molecule has 0 aromatic rings. The predicted molar refractivity (Wildman–Crippen MR) is 80.3 cm³/mol. The zero-order valence-electron chi connectivity index (χ0n) is 12.9. The molecule has 0 fully saturated rings. The molecule has 1 aliphatic carbocycles. The maximum absolute atomic E-state index is 11.7. The molecule has 1 atom stereocenters. The van der Waals surface area contributed by atoms with Crippen molar-refractivity contribution in [2.75, 3.05) is 6.61 Å². The Labute approximate surface area is 122 Å². The van der Waals surface area contributed by atoms with Gasteiger partial charge in [0.2, 0.25) is 0 Å². The van der Waals surface area contributed by atoms with Gasteiger partial charge in [-0.05, 0) is 57.9 Å². The van der Waals surface area contributed by atoms with E-state index < -0.39 is 5.41 Å². The van der Waals surface area contributed by atoms with Gasteiger partial charge >= 0.3 is 5.97 Å². The molecule has 0 aromatic carbocycles. The average molecular weight is 278 g/mol. The number of hydrogen-bond donors (Lipinski definition) is 0. The fourth-order valence-electron chi connectivity index (χ4n) is 2.38. The SMILES string of the molecule is C=CCC1(CCCOC(=O)C(C)(C)C)C=CC(=O)CC1. The summed E-state index contributed by atoms with van der Waals surface area (Å²) in [6, 6.07) is 0. The van der Waals surface area contributed by atoms with Crippen molar-refractivity contribution < 1.29 is 14.3 Å². The Morgan fingerprint density at radius 3 is 2.70 bits per heavy atom. The normalized spacial score (nSPS) is 22.6. The van der Waals surface area contributed by atoms with Crippen molar-refractivity contribution in [3.05, 3.63) is 24.8 Å². The number of ether oxygens (including phenoxy) is 1. The molecule has 1 aliphatic rings. The van der Waals surface area contributed by atoms with Gasteiger partial charge in [0.05, 0.1) is 12.0 Å². The first kappa shape index (κ1) is 16.7. The maximum atomic E-state index is 11.7. The van der Waals surface area contributed by atoms with E-state index in [2.05, 4.69) is 6.58 Å². The van der Waals surface area contributed by atoms with Gasteiger partial charge < -0.3 is 4.74 Å². The highest BCUT2D eigenvalue weighted by molar-refractivity contribution is 5.90. The fraction of sp³-hybridized carbons (Fsp3) is 0.647. The zero-order chi connectivity index (χ0) is 15.2. The van der Waals surface area contributed by atoms with E-state index in [1.54, 1.807) is 6.08 Å². The summed E-state index contributed by atoms with van der Waals surface area (Å²) in [4.78, 5) is 23.0. The molecule has 0 saturated heterocycles. The standard InChI is InChI=1S/C17H26O3/c1-5-9-17(11-7-14(18)8-12-17)10-6-13-20-15(19)16(2,3)4/h5,7,11H,1,6,8-10,12-13H2,2-4H3. The summed E-state index contributed by atoms with van der Waals surface area (Å²) in [7, 11) is 0. The van der Waals surface area contributed by atoms with Crippen LogP contribution < -0.4 is 0 Å². The van der Waals surface area contributed by atoms with Crippen LogP contribution in [0.15, 0.2) is 24.8 Å². The highest BCUT2D eigenvalue weighted by Gasteiger charge is 2.29. The molecule has 0 aromatic heterocycles. The van der Waals surface area contributed by atoms with Crippen molar-refractivity contribution in [3.8, 4) is 0 Å². The summed E-state index contributed by atoms with van der Waals surface area (Å²) in [5, 5.41) is 0. The number of rotatable bonds is 6. The van der Waals surface area contributed by atoms with E-state index in [1.165, 1.54) is 0 Å². The third-order valence-corrected chi connectivity index (χ3v) is 3.71. The molecule has 0 saturated carbocycles. The molecule has 1 rings (SSSR count). The molecule has 0 bridgehead atoms. The minimum atomic E-state index is -0.448.